The Labute approximate surface area is 174 Å². The number of hydrogen-bond acceptors (Lipinski definition) is 4. The van der Waals surface area contributed by atoms with Crippen molar-refractivity contribution in [3.8, 4) is 0 Å². The zero-order valence-corrected chi connectivity index (χ0v) is 17.2. The molecule has 2 aromatic rings. The lowest BCUT2D eigenvalue weighted by Crippen LogP contribution is -2.39. The van der Waals surface area contributed by atoms with Crippen molar-refractivity contribution in [2.45, 2.75) is 25.3 Å². The van der Waals surface area contributed by atoms with Crippen LogP contribution in [-0.4, -0.2) is 42.9 Å². The molecule has 3 heterocycles. The normalized spacial score (nSPS) is 21.2. The van der Waals surface area contributed by atoms with Crippen LogP contribution in [0.4, 0.5) is 5.69 Å². The summed E-state index contributed by atoms with van der Waals surface area (Å²) in [4.78, 5) is 30.6. The molecule has 0 spiro atoms. The van der Waals surface area contributed by atoms with E-state index in [1.54, 1.807) is 22.3 Å². The lowest BCUT2D eigenvalue weighted by Gasteiger charge is -2.27. The van der Waals surface area contributed by atoms with Crippen LogP contribution >= 0.6 is 22.9 Å². The standard InChI is InChI=1S/C21H24ClN3O2S/c22-16-6-1-2-7-17(16)25-14-15(12-20(25)26)21(27)23-13-18(19-8-5-11-28-19)24-9-3-4-10-24/h1-2,5-8,11,15,18H,3-4,9-10,12-14H2,(H,23,27). The number of nitrogens with one attached hydrogen (secondary N) is 1. The van der Waals surface area contributed by atoms with Gasteiger partial charge in [-0.3, -0.25) is 14.5 Å². The number of para-hydroxylation sites is 1. The van der Waals surface area contributed by atoms with Crippen molar-refractivity contribution in [2.24, 2.45) is 5.92 Å². The van der Waals surface area contributed by atoms with Gasteiger partial charge in [0.1, 0.15) is 0 Å². The van der Waals surface area contributed by atoms with E-state index in [1.807, 2.05) is 18.2 Å². The number of rotatable bonds is 6. The SMILES string of the molecule is O=C(NCC(c1cccs1)N1CCCC1)C1CC(=O)N(c2ccccc2Cl)C1. The van der Waals surface area contributed by atoms with Gasteiger partial charge >= 0.3 is 0 Å². The first-order chi connectivity index (χ1) is 13.6. The van der Waals surface area contributed by atoms with Crippen molar-refractivity contribution in [1.29, 1.82) is 0 Å². The fraction of sp³-hybridized carbons (Fsp3) is 0.429. The zero-order chi connectivity index (χ0) is 19.5. The maximum atomic E-state index is 12.8. The van der Waals surface area contributed by atoms with Crippen LogP contribution < -0.4 is 10.2 Å². The van der Waals surface area contributed by atoms with Gasteiger partial charge in [0, 0.05) is 24.4 Å². The van der Waals surface area contributed by atoms with E-state index < -0.39 is 0 Å². The highest BCUT2D eigenvalue weighted by atomic mass is 35.5. The number of likely N-dealkylation sites (tertiary alicyclic amines) is 1. The molecule has 2 atom stereocenters. The Morgan fingerprint density at radius 1 is 1.21 bits per heavy atom. The van der Waals surface area contributed by atoms with Crippen molar-refractivity contribution in [2.75, 3.05) is 31.1 Å². The number of carbonyl (C=O) groups excluding carboxylic acids is 2. The molecular weight excluding hydrogens is 394 g/mol. The molecule has 0 saturated carbocycles. The van der Waals surface area contributed by atoms with Crippen LogP contribution in [0.25, 0.3) is 0 Å². The minimum atomic E-state index is -0.341. The predicted molar refractivity (Wildman–Crippen MR) is 113 cm³/mol. The second-order valence-electron chi connectivity index (χ2n) is 7.38. The molecule has 4 rings (SSSR count). The van der Waals surface area contributed by atoms with Gasteiger partial charge in [0.15, 0.2) is 0 Å². The van der Waals surface area contributed by atoms with E-state index in [1.165, 1.54) is 17.7 Å². The summed E-state index contributed by atoms with van der Waals surface area (Å²) in [5, 5.41) is 5.72. The van der Waals surface area contributed by atoms with Crippen LogP contribution in [-0.2, 0) is 9.59 Å². The van der Waals surface area contributed by atoms with Crippen LogP contribution in [0, 0.1) is 5.92 Å². The summed E-state index contributed by atoms with van der Waals surface area (Å²) < 4.78 is 0. The maximum Gasteiger partial charge on any atom is 0.227 e. The first-order valence-corrected chi connectivity index (χ1v) is 11.0. The Morgan fingerprint density at radius 2 is 2.00 bits per heavy atom. The maximum absolute atomic E-state index is 12.8. The van der Waals surface area contributed by atoms with E-state index in [-0.39, 0.29) is 30.2 Å². The van der Waals surface area contributed by atoms with Gasteiger partial charge in [0.25, 0.3) is 0 Å². The highest BCUT2D eigenvalue weighted by Crippen LogP contribution is 2.31. The minimum absolute atomic E-state index is 0.0522. The molecular formula is C21H24ClN3O2S. The number of hydrogen-bond donors (Lipinski definition) is 1. The van der Waals surface area contributed by atoms with E-state index in [2.05, 4.69) is 27.7 Å². The summed E-state index contributed by atoms with van der Waals surface area (Å²) in [6.07, 6.45) is 2.64. The summed E-state index contributed by atoms with van der Waals surface area (Å²) in [5.74, 6) is -0.447. The van der Waals surface area contributed by atoms with Crippen LogP contribution in [0.2, 0.25) is 5.02 Å². The second-order valence-corrected chi connectivity index (χ2v) is 8.76. The summed E-state index contributed by atoms with van der Waals surface area (Å²) >= 11 is 7.96. The molecule has 0 radical (unpaired) electrons. The largest absolute Gasteiger partial charge is 0.354 e. The van der Waals surface area contributed by atoms with Gasteiger partial charge in [-0.15, -0.1) is 11.3 Å². The fourth-order valence-corrected chi connectivity index (χ4v) is 5.17. The average Bonchev–Trinajstić information content (AvgIpc) is 3.45. The Morgan fingerprint density at radius 3 is 2.71 bits per heavy atom. The number of benzene rings is 1. The molecule has 2 amide bonds. The Kier molecular flexibility index (Phi) is 5.99. The molecule has 0 aliphatic carbocycles. The fourth-order valence-electron chi connectivity index (χ4n) is 4.07. The number of amides is 2. The molecule has 2 saturated heterocycles. The molecule has 2 unspecified atom stereocenters. The van der Waals surface area contributed by atoms with E-state index in [0.717, 1.165) is 13.1 Å². The topological polar surface area (TPSA) is 52.7 Å². The van der Waals surface area contributed by atoms with Crippen LogP contribution in [0.5, 0.6) is 0 Å². The molecule has 2 fully saturated rings. The van der Waals surface area contributed by atoms with Crippen molar-refractivity contribution in [3.05, 3.63) is 51.7 Å². The van der Waals surface area contributed by atoms with Crippen LogP contribution in [0.15, 0.2) is 41.8 Å². The first kappa shape index (κ1) is 19.4. The highest BCUT2D eigenvalue weighted by molar-refractivity contribution is 7.10. The van der Waals surface area contributed by atoms with Crippen molar-refractivity contribution in [1.82, 2.24) is 10.2 Å². The smallest absolute Gasteiger partial charge is 0.227 e. The number of anilines is 1. The Hall–Kier alpha value is -1.89. The number of carbonyl (C=O) groups is 2. The average molecular weight is 418 g/mol. The lowest BCUT2D eigenvalue weighted by atomic mass is 10.1. The molecule has 148 valence electrons. The van der Waals surface area contributed by atoms with Gasteiger partial charge in [0.05, 0.1) is 22.7 Å². The summed E-state index contributed by atoms with van der Waals surface area (Å²) in [6, 6.07) is 11.7. The summed E-state index contributed by atoms with van der Waals surface area (Å²) in [7, 11) is 0. The Balaban J connectivity index is 1.39. The first-order valence-electron chi connectivity index (χ1n) is 9.73. The van der Waals surface area contributed by atoms with E-state index in [4.69, 9.17) is 11.6 Å². The number of halogens is 1. The van der Waals surface area contributed by atoms with Gasteiger partial charge in [0.2, 0.25) is 11.8 Å². The lowest BCUT2D eigenvalue weighted by molar-refractivity contribution is -0.126. The van der Waals surface area contributed by atoms with Crippen LogP contribution in [0.1, 0.15) is 30.2 Å². The second kappa shape index (κ2) is 8.64. The summed E-state index contributed by atoms with van der Waals surface area (Å²) in [6.45, 7) is 3.10. The van der Waals surface area contributed by atoms with E-state index >= 15 is 0 Å². The molecule has 2 aliphatic heterocycles. The third-order valence-electron chi connectivity index (χ3n) is 5.56. The van der Waals surface area contributed by atoms with Gasteiger partial charge < -0.3 is 10.2 Å². The molecule has 2 aliphatic rings. The molecule has 7 heteroatoms. The number of nitrogens with zero attached hydrogens (tertiary/aromatic N) is 2. The molecule has 1 N–H and O–H groups in total. The molecule has 28 heavy (non-hydrogen) atoms. The van der Waals surface area contributed by atoms with Gasteiger partial charge in [-0.25, -0.2) is 0 Å². The molecule has 1 aromatic heterocycles. The van der Waals surface area contributed by atoms with Crippen LogP contribution in [0.3, 0.4) is 0 Å². The van der Waals surface area contributed by atoms with Gasteiger partial charge in [-0.1, -0.05) is 29.8 Å². The van der Waals surface area contributed by atoms with Crippen molar-refractivity contribution in [3.63, 3.8) is 0 Å². The monoisotopic (exact) mass is 417 g/mol. The van der Waals surface area contributed by atoms with Crippen molar-refractivity contribution < 1.29 is 9.59 Å². The van der Waals surface area contributed by atoms with Gasteiger partial charge in [-0.05, 0) is 49.5 Å². The highest BCUT2D eigenvalue weighted by Gasteiger charge is 2.36. The molecule has 0 bridgehead atoms. The number of thiophene rings is 1. The third kappa shape index (κ3) is 4.09. The minimum Gasteiger partial charge on any atom is -0.354 e. The quantitative estimate of drug-likeness (QED) is 0.779. The predicted octanol–water partition coefficient (Wildman–Crippen LogP) is 3.71. The molecule has 5 nitrogen and oxygen atoms in total. The van der Waals surface area contributed by atoms with Gasteiger partial charge in [-0.2, -0.15) is 0 Å². The van der Waals surface area contributed by atoms with Crippen molar-refractivity contribution >= 4 is 40.4 Å². The Bertz CT molecular complexity index is 836. The summed E-state index contributed by atoms with van der Waals surface area (Å²) in [5.41, 5.74) is 0.679. The van der Waals surface area contributed by atoms with E-state index in [0.29, 0.717) is 23.8 Å². The zero-order valence-electron chi connectivity index (χ0n) is 15.6. The third-order valence-corrected chi connectivity index (χ3v) is 6.85. The molecule has 1 aromatic carbocycles. The van der Waals surface area contributed by atoms with E-state index in [9.17, 15) is 9.59 Å².